The van der Waals surface area contributed by atoms with Crippen LogP contribution in [-0.2, 0) is 13.0 Å². The van der Waals surface area contributed by atoms with Crippen LogP contribution in [0.2, 0.25) is 0 Å². The van der Waals surface area contributed by atoms with Gasteiger partial charge in [0, 0.05) is 31.4 Å². The third-order valence-electron chi connectivity index (χ3n) is 4.85. The molecular weight excluding hydrogens is 258 g/mol. The Kier molecular flexibility index (Phi) is 7.28. The minimum Gasteiger partial charge on any atom is -0.335 e. The van der Waals surface area contributed by atoms with E-state index in [0.717, 1.165) is 25.4 Å². The molecule has 0 spiro atoms. The van der Waals surface area contributed by atoms with Crippen LogP contribution in [-0.4, -0.2) is 22.1 Å². The van der Waals surface area contributed by atoms with Crippen molar-refractivity contribution in [3.05, 3.63) is 18.2 Å². The zero-order chi connectivity index (χ0) is 14.9. The fourth-order valence-electron chi connectivity index (χ4n) is 3.63. The van der Waals surface area contributed by atoms with Gasteiger partial charge in [0.15, 0.2) is 0 Å². The third kappa shape index (κ3) is 5.46. The second-order valence-corrected chi connectivity index (χ2v) is 6.58. The average Bonchev–Trinajstić information content (AvgIpc) is 2.78. The summed E-state index contributed by atoms with van der Waals surface area (Å²) >= 11 is 0. The van der Waals surface area contributed by atoms with Crippen LogP contribution in [0.1, 0.15) is 71.0 Å². The summed E-state index contributed by atoms with van der Waals surface area (Å²) in [6, 6.07) is 0.598. The molecule has 3 nitrogen and oxygen atoms in total. The molecule has 1 heterocycles. The molecule has 0 saturated heterocycles. The maximum Gasteiger partial charge on any atom is 0.110 e. The first-order chi connectivity index (χ1) is 10.3. The van der Waals surface area contributed by atoms with Crippen LogP contribution < -0.4 is 5.32 Å². The van der Waals surface area contributed by atoms with E-state index in [9.17, 15) is 0 Å². The van der Waals surface area contributed by atoms with Crippen LogP contribution in [0, 0.1) is 5.92 Å². The lowest BCUT2D eigenvalue weighted by molar-refractivity contribution is 0.344. The van der Waals surface area contributed by atoms with Gasteiger partial charge in [-0.15, -0.1) is 0 Å². The van der Waals surface area contributed by atoms with Crippen molar-refractivity contribution >= 4 is 0 Å². The van der Waals surface area contributed by atoms with E-state index in [2.05, 4.69) is 34.9 Å². The SMILES string of the molecule is CCCNC(Cc1nccn1CC)CC1CCCCCC1. The minimum absolute atomic E-state index is 0.598. The van der Waals surface area contributed by atoms with E-state index in [1.165, 1.54) is 57.2 Å². The number of aryl methyl sites for hydroxylation is 1. The molecule has 1 atom stereocenters. The number of hydrogen-bond donors (Lipinski definition) is 1. The lowest BCUT2D eigenvalue weighted by Gasteiger charge is -2.24. The third-order valence-corrected chi connectivity index (χ3v) is 4.85. The Hall–Kier alpha value is -0.830. The van der Waals surface area contributed by atoms with E-state index in [4.69, 9.17) is 0 Å². The van der Waals surface area contributed by atoms with Gasteiger partial charge in [-0.1, -0.05) is 45.4 Å². The Morgan fingerprint density at radius 1 is 1.24 bits per heavy atom. The van der Waals surface area contributed by atoms with Crippen LogP contribution >= 0.6 is 0 Å². The Bertz CT molecular complexity index is 378. The number of rotatable bonds is 8. The minimum atomic E-state index is 0.598. The smallest absolute Gasteiger partial charge is 0.110 e. The molecule has 1 N–H and O–H groups in total. The molecule has 3 heteroatoms. The molecular formula is C18H33N3. The van der Waals surface area contributed by atoms with E-state index in [1.54, 1.807) is 0 Å². The van der Waals surface area contributed by atoms with E-state index in [1.807, 2.05) is 6.20 Å². The molecule has 0 bridgehead atoms. The highest BCUT2D eigenvalue weighted by molar-refractivity contribution is 4.96. The van der Waals surface area contributed by atoms with Gasteiger partial charge in [-0.05, 0) is 32.2 Å². The summed E-state index contributed by atoms with van der Waals surface area (Å²) in [7, 11) is 0. The molecule has 0 aliphatic heterocycles. The first-order valence-electron chi connectivity index (χ1n) is 9.06. The first-order valence-corrected chi connectivity index (χ1v) is 9.06. The van der Waals surface area contributed by atoms with Crippen molar-refractivity contribution in [1.82, 2.24) is 14.9 Å². The standard InChI is InChI=1S/C18H33N3/c1-3-11-19-17(14-16-9-7-5-6-8-10-16)15-18-20-12-13-21(18)4-2/h12-13,16-17,19H,3-11,14-15H2,1-2H3. The topological polar surface area (TPSA) is 29.9 Å². The van der Waals surface area contributed by atoms with Crippen LogP contribution in [0.5, 0.6) is 0 Å². The lowest BCUT2D eigenvalue weighted by Crippen LogP contribution is -2.34. The molecule has 0 amide bonds. The van der Waals surface area contributed by atoms with Crippen LogP contribution in [0.4, 0.5) is 0 Å². The highest BCUT2D eigenvalue weighted by Gasteiger charge is 2.19. The van der Waals surface area contributed by atoms with E-state index < -0.39 is 0 Å². The summed E-state index contributed by atoms with van der Waals surface area (Å²) in [5.41, 5.74) is 0. The van der Waals surface area contributed by atoms with Crippen molar-refractivity contribution in [2.24, 2.45) is 5.92 Å². The summed E-state index contributed by atoms with van der Waals surface area (Å²) in [5.74, 6) is 2.17. The molecule has 2 rings (SSSR count). The fraction of sp³-hybridized carbons (Fsp3) is 0.833. The molecule has 1 fully saturated rings. The number of aromatic nitrogens is 2. The predicted molar refractivity (Wildman–Crippen MR) is 89.5 cm³/mol. The Morgan fingerprint density at radius 3 is 2.67 bits per heavy atom. The van der Waals surface area contributed by atoms with Gasteiger partial charge in [-0.2, -0.15) is 0 Å². The number of hydrogen-bond acceptors (Lipinski definition) is 2. The second-order valence-electron chi connectivity index (χ2n) is 6.58. The van der Waals surface area contributed by atoms with Crippen molar-refractivity contribution < 1.29 is 0 Å². The maximum atomic E-state index is 4.57. The van der Waals surface area contributed by atoms with Crippen LogP contribution in [0.25, 0.3) is 0 Å². The van der Waals surface area contributed by atoms with Crippen molar-refractivity contribution in [3.8, 4) is 0 Å². The normalized spacial score (nSPS) is 18.6. The van der Waals surface area contributed by atoms with Gasteiger partial charge in [-0.25, -0.2) is 4.98 Å². The van der Waals surface area contributed by atoms with Gasteiger partial charge in [0.25, 0.3) is 0 Å². The van der Waals surface area contributed by atoms with Crippen molar-refractivity contribution in [2.45, 2.75) is 84.2 Å². The zero-order valence-corrected chi connectivity index (χ0v) is 14.0. The van der Waals surface area contributed by atoms with Gasteiger partial charge in [0.05, 0.1) is 0 Å². The molecule has 1 unspecified atom stereocenters. The quantitative estimate of drug-likeness (QED) is 0.728. The number of nitrogens with zero attached hydrogens (tertiary/aromatic N) is 2. The first kappa shape index (κ1) is 16.5. The van der Waals surface area contributed by atoms with Gasteiger partial charge < -0.3 is 9.88 Å². The maximum absolute atomic E-state index is 4.57. The summed E-state index contributed by atoms with van der Waals surface area (Å²) in [5, 5.41) is 3.77. The van der Waals surface area contributed by atoms with E-state index >= 15 is 0 Å². The monoisotopic (exact) mass is 291 g/mol. The Labute approximate surface area is 130 Å². The molecule has 0 radical (unpaired) electrons. The number of nitrogens with one attached hydrogen (secondary N) is 1. The molecule has 1 aromatic heterocycles. The van der Waals surface area contributed by atoms with Gasteiger partial charge in [0.1, 0.15) is 5.82 Å². The second kappa shape index (κ2) is 9.24. The van der Waals surface area contributed by atoms with Crippen molar-refractivity contribution in [2.75, 3.05) is 6.54 Å². The molecule has 1 saturated carbocycles. The highest BCUT2D eigenvalue weighted by atomic mass is 15.1. The highest BCUT2D eigenvalue weighted by Crippen LogP contribution is 2.27. The predicted octanol–water partition coefficient (Wildman–Crippen LogP) is 4.17. The van der Waals surface area contributed by atoms with Crippen molar-refractivity contribution in [1.29, 1.82) is 0 Å². The van der Waals surface area contributed by atoms with Crippen molar-refractivity contribution in [3.63, 3.8) is 0 Å². The largest absolute Gasteiger partial charge is 0.335 e. The van der Waals surface area contributed by atoms with Crippen LogP contribution in [0.3, 0.4) is 0 Å². The van der Waals surface area contributed by atoms with Gasteiger partial charge >= 0.3 is 0 Å². The van der Waals surface area contributed by atoms with Gasteiger partial charge in [0.2, 0.25) is 0 Å². The van der Waals surface area contributed by atoms with E-state index in [-0.39, 0.29) is 0 Å². The molecule has 1 aromatic rings. The summed E-state index contributed by atoms with van der Waals surface area (Å²) in [6.07, 6.45) is 16.3. The molecule has 0 aromatic carbocycles. The summed E-state index contributed by atoms with van der Waals surface area (Å²) < 4.78 is 2.29. The molecule has 1 aliphatic carbocycles. The summed E-state index contributed by atoms with van der Waals surface area (Å²) in [4.78, 5) is 4.57. The fourth-order valence-corrected chi connectivity index (χ4v) is 3.63. The molecule has 120 valence electrons. The zero-order valence-electron chi connectivity index (χ0n) is 14.0. The lowest BCUT2D eigenvalue weighted by atomic mass is 9.91. The summed E-state index contributed by atoms with van der Waals surface area (Å²) in [6.45, 7) is 6.61. The average molecular weight is 291 g/mol. The number of imidazole rings is 1. The van der Waals surface area contributed by atoms with Crippen LogP contribution in [0.15, 0.2) is 12.4 Å². The Balaban J connectivity index is 1.92. The van der Waals surface area contributed by atoms with E-state index in [0.29, 0.717) is 6.04 Å². The Morgan fingerprint density at radius 2 is 2.00 bits per heavy atom. The molecule has 21 heavy (non-hydrogen) atoms. The van der Waals surface area contributed by atoms with Gasteiger partial charge in [-0.3, -0.25) is 0 Å². The molecule has 1 aliphatic rings.